The molecule has 122 valence electrons. The topological polar surface area (TPSA) is 46.2 Å². The normalized spacial score (nSPS) is 18.0. The smallest absolute Gasteiger partial charge is 0.208 e. The number of aryl methyl sites for hydroxylation is 1. The van der Waals surface area contributed by atoms with Crippen molar-refractivity contribution in [2.75, 3.05) is 0 Å². The van der Waals surface area contributed by atoms with Crippen LogP contribution in [0.4, 0.5) is 0 Å². The molecule has 0 spiro atoms. The van der Waals surface area contributed by atoms with E-state index in [1.54, 1.807) is 12.1 Å². The number of nitrogens with one attached hydrogen (secondary N) is 1. The fourth-order valence-electron chi connectivity index (χ4n) is 3.28. The maximum absolute atomic E-state index is 12.8. The molecule has 0 heterocycles. The van der Waals surface area contributed by atoms with Crippen molar-refractivity contribution in [3.8, 4) is 0 Å². The Morgan fingerprint density at radius 2 is 1.65 bits per heavy atom. The lowest BCUT2D eigenvalue weighted by atomic mass is 9.89. The molecule has 0 saturated carbocycles. The molecule has 23 heavy (non-hydrogen) atoms. The fourth-order valence-corrected chi connectivity index (χ4v) is 4.92. The van der Waals surface area contributed by atoms with Crippen LogP contribution in [0, 0.1) is 0 Å². The summed E-state index contributed by atoms with van der Waals surface area (Å²) < 4.78 is 28.6. The fraction of sp³-hybridized carbons (Fsp3) is 0.368. The van der Waals surface area contributed by atoms with Crippen molar-refractivity contribution in [1.29, 1.82) is 0 Å². The standard InChI is InChI=1S/C19H23NO2S/c1-14(2)18-9-5-6-10-19(18)23(21,22)20-17-12-11-15-7-3-4-8-16(15)13-17/h3-10,14,17,20H,11-13H2,1-2H3. The van der Waals surface area contributed by atoms with E-state index in [0.29, 0.717) is 4.90 Å². The molecule has 0 bridgehead atoms. The SMILES string of the molecule is CC(C)c1ccccc1S(=O)(=O)NC1CCc2ccccc2C1. The number of sulfonamides is 1. The van der Waals surface area contributed by atoms with E-state index >= 15 is 0 Å². The predicted molar refractivity (Wildman–Crippen MR) is 93.1 cm³/mol. The van der Waals surface area contributed by atoms with Crippen LogP contribution in [0.1, 0.15) is 42.9 Å². The predicted octanol–water partition coefficient (Wildman–Crippen LogP) is 3.65. The van der Waals surface area contributed by atoms with Crippen molar-refractivity contribution in [1.82, 2.24) is 4.72 Å². The average molecular weight is 329 g/mol. The molecule has 0 saturated heterocycles. The molecule has 4 heteroatoms. The summed E-state index contributed by atoms with van der Waals surface area (Å²) in [6, 6.07) is 15.5. The second-order valence-electron chi connectivity index (χ2n) is 6.52. The minimum absolute atomic E-state index is 0.0323. The third-order valence-corrected chi connectivity index (χ3v) is 6.09. The zero-order valence-corrected chi connectivity index (χ0v) is 14.4. The Morgan fingerprint density at radius 3 is 2.39 bits per heavy atom. The Balaban J connectivity index is 1.83. The van der Waals surface area contributed by atoms with Gasteiger partial charge in [-0.1, -0.05) is 56.3 Å². The zero-order chi connectivity index (χ0) is 16.4. The van der Waals surface area contributed by atoms with Gasteiger partial charge in [0.25, 0.3) is 0 Å². The van der Waals surface area contributed by atoms with Gasteiger partial charge in [0.05, 0.1) is 4.90 Å². The maximum Gasteiger partial charge on any atom is 0.241 e. The summed E-state index contributed by atoms with van der Waals surface area (Å²) in [5.74, 6) is 0.176. The van der Waals surface area contributed by atoms with Gasteiger partial charge in [-0.05, 0) is 47.9 Å². The van der Waals surface area contributed by atoms with Crippen LogP contribution < -0.4 is 4.72 Å². The highest BCUT2D eigenvalue weighted by Crippen LogP contribution is 2.26. The molecule has 1 atom stereocenters. The van der Waals surface area contributed by atoms with Crippen molar-refractivity contribution in [3.63, 3.8) is 0 Å². The highest BCUT2D eigenvalue weighted by atomic mass is 32.2. The lowest BCUT2D eigenvalue weighted by molar-refractivity contribution is 0.507. The minimum atomic E-state index is -3.49. The third-order valence-electron chi connectivity index (χ3n) is 4.50. The van der Waals surface area contributed by atoms with Gasteiger partial charge in [-0.3, -0.25) is 0 Å². The summed E-state index contributed by atoms with van der Waals surface area (Å²) in [6.07, 6.45) is 2.54. The summed E-state index contributed by atoms with van der Waals surface area (Å²) in [4.78, 5) is 0.411. The minimum Gasteiger partial charge on any atom is -0.208 e. The van der Waals surface area contributed by atoms with E-state index < -0.39 is 10.0 Å². The van der Waals surface area contributed by atoms with Gasteiger partial charge in [0.15, 0.2) is 0 Å². The highest BCUT2D eigenvalue weighted by Gasteiger charge is 2.26. The van der Waals surface area contributed by atoms with Crippen molar-refractivity contribution in [2.24, 2.45) is 0 Å². The van der Waals surface area contributed by atoms with Crippen LogP contribution in [-0.2, 0) is 22.9 Å². The molecule has 0 fully saturated rings. The summed E-state index contributed by atoms with van der Waals surface area (Å²) >= 11 is 0. The van der Waals surface area contributed by atoms with E-state index in [9.17, 15) is 8.42 Å². The molecule has 3 nitrogen and oxygen atoms in total. The van der Waals surface area contributed by atoms with Gasteiger partial charge in [-0.25, -0.2) is 13.1 Å². The second kappa shape index (κ2) is 6.46. The van der Waals surface area contributed by atoms with Gasteiger partial charge in [0.1, 0.15) is 0 Å². The van der Waals surface area contributed by atoms with E-state index in [1.807, 2.05) is 38.1 Å². The van der Waals surface area contributed by atoms with Gasteiger partial charge in [0.2, 0.25) is 10.0 Å². The summed E-state index contributed by atoms with van der Waals surface area (Å²) in [5.41, 5.74) is 3.46. The molecule has 0 aliphatic heterocycles. The Morgan fingerprint density at radius 1 is 1.00 bits per heavy atom. The monoisotopic (exact) mass is 329 g/mol. The molecule has 2 aromatic carbocycles. The summed E-state index contributed by atoms with van der Waals surface area (Å²) in [5, 5.41) is 0. The number of hydrogen-bond acceptors (Lipinski definition) is 2. The number of benzene rings is 2. The Labute approximate surface area is 138 Å². The molecule has 1 N–H and O–H groups in total. The van der Waals surface area contributed by atoms with Gasteiger partial charge in [0, 0.05) is 6.04 Å². The van der Waals surface area contributed by atoms with E-state index in [1.165, 1.54) is 11.1 Å². The Hall–Kier alpha value is -1.65. The van der Waals surface area contributed by atoms with Crippen LogP contribution >= 0.6 is 0 Å². The number of rotatable bonds is 4. The Bertz CT molecular complexity index is 797. The molecule has 0 amide bonds. The highest BCUT2D eigenvalue weighted by molar-refractivity contribution is 7.89. The molecule has 1 unspecified atom stereocenters. The molecule has 0 aromatic heterocycles. The first-order chi connectivity index (χ1) is 11.0. The van der Waals surface area contributed by atoms with Gasteiger partial charge in [-0.15, -0.1) is 0 Å². The van der Waals surface area contributed by atoms with Gasteiger partial charge in [-0.2, -0.15) is 0 Å². The van der Waals surface area contributed by atoms with Crippen molar-refractivity contribution in [3.05, 3.63) is 65.2 Å². The molecular weight excluding hydrogens is 306 g/mol. The first kappa shape index (κ1) is 16.2. The molecule has 0 radical (unpaired) electrons. The lowest BCUT2D eigenvalue weighted by Gasteiger charge is -2.26. The van der Waals surface area contributed by atoms with Gasteiger partial charge < -0.3 is 0 Å². The third kappa shape index (κ3) is 3.48. The van der Waals surface area contributed by atoms with Crippen LogP contribution in [0.5, 0.6) is 0 Å². The van der Waals surface area contributed by atoms with Crippen LogP contribution in [0.3, 0.4) is 0 Å². The van der Waals surface area contributed by atoms with Crippen LogP contribution in [0.25, 0.3) is 0 Å². The Kier molecular flexibility index (Phi) is 4.55. The molecule has 1 aliphatic carbocycles. The largest absolute Gasteiger partial charge is 0.241 e. The molecule has 2 aromatic rings. The van der Waals surface area contributed by atoms with Crippen molar-refractivity contribution in [2.45, 2.75) is 50.0 Å². The van der Waals surface area contributed by atoms with E-state index in [4.69, 9.17) is 0 Å². The maximum atomic E-state index is 12.8. The number of fused-ring (bicyclic) bond motifs is 1. The number of hydrogen-bond donors (Lipinski definition) is 1. The van der Waals surface area contributed by atoms with Crippen molar-refractivity contribution >= 4 is 10.0 Å². The lowest BCUT2D eigenvalue weighted by Crippen LogP contribution is -2.39. The average Bonchev–Trinajstić information content (AvgIpc) is 2.54. The van der Waals surface area contributed by atoms with Crippen LogP contribution in [0.2, 0.25) is 0 Å². The quantitative estimate of drug-likeness (QED) is 0.931. The van der Waals surface area contributed by atoms with Gasteiger partial charge >= 0.3 is 0 Å². The van der Waals surface area contributed by atoms with E-state index in [-0.39, 0.29) is 12.0 Å². The first-order valence-corrected chi connectivity index (χ1v) is 9.64. The van der Waals surface area contributed by atoms with E-state index in [2.05, 4.69) is 16.9 Å². The molecular formula is C19H23NO2S. The summed E-state index contributed by atoms with van der Waals surface area (Å²) in [6.45, 7) is 4.04. The zero-order valence-electron chi connectivity index (χ0n) is 13.6. The van der Waals surface area contributed by atoms with E-state index in [0.717, 1.165) is 24.8 Å². The van der Waals surface area contributed by atoms with Crippen LogP contribution in [0.15, 0.2) is 53.4 Å². The summed E-state index contributed by atoms with van der Waals surface area (Å²) in [7, 11) is -3.49. The first-order valence-electron chi connectivity index (χ1n) is 8.15. The second-order valence-corrected chi connectivity index (χ2v) is 8.20. The molecule has 1 aliphatic rings. The van der Waals surface area contributed by atoms with Crippen LogP contribution in [-0.4, -0.2) is 14.5 Å². The molecule has 3 rings (SSSR count). The van der Waals surface area contributed by atoms with Crippen molar-refractivity contribution < 1.29 is 8.42 Å².